The van der Waals surface area contributed by atoms with E-state index in [2.05, 4.69) is 36.1 Å². The van der Waals surface area contributed by atoms with E-state index in [0.717, 1.165) is 25.4 Å². The van der Waals surface area contributed by atoms with Crippen LogP contribution in [0.25, 0.3) is 0 Å². The maximum absolute atomic E-state index is 4.94. The van der Waals surface area contributed by atoms with E-state index in [0.29, 0.717) is 6.04 Å². The van der Waals surface area contributed by atoms with Crippen LogP contribution in [0.1, 0.15) is 42.8 Å². The molecule has 1 N–H and O–H groups in total. The Bertz CT molecular complexity index is 473. The maximum Gasteiger partial charge on any atom is 0.185 e. The fourth-order valence-corrected chi connectivity index (χ4v) is 4.84. The highest BCUT2D eigenvalue weighted by molar-refractivity contribution is 7.15. The lowest BCUT2D eigenvalue weighted by Crippen LogP contribution is -2.27. The van der Waals surface area contributed by atoms with E-state index in [4.69, 9.17) is 4.98 Å². The number of aromatic nitrogens is 1. The second kappa shape index (κ2) is 6.63. The first-order valence-electron chi connectivity index (χ1n) is 8.30. The van der Waals surface area contributed by atoms with Crippen LogP contribution >= 0.6 is 11.3 Å². The van der Waals surface area contributed by atoms with Crippen LogP contribution in [0.2, 0.25) is 0 Å². The number of nitrogens with zero attached hydrogens (tertiary/aromatic N) is 3. The minimum absolute atomic E-state index is 0.538. The normalized spacial score (nSPS) is 26.0. The fourth-order valence-electron chi connectivity index (χ4n) is 3.65. The molecule has 1 aromatic rings. The number of hydrogen-bond donors (Lipinski definition) is 1. The lowest BCUT2D eigenvalue weighted by atomic mass is 9.98. The summed E-state index contributed by atoms with van der Waals surface area (Å²) in [6.07, 6.45) is 5.02. The van der Waals surface area contributed by atoms with Gasteiger partial charge in [0.25, 0.3) is 0 Å². The molecule has 3 rings (SSSR count). The van der Waals surface area contributed by atoms with Crippen molar-refractivity contribution in [2.24, 2.45) is 5.92 Å². The average molecular weight is 308 g/mol. The van der Waals surface area contributed by atoms with Gasteiger partial charge in [0.05, 0.1) is 5.69 Å². The highest BCUT2D eigenvalue weighted by Crippen LogP contribution is 2.37. The molecule has 0 bridgehead atoms. The Morgan fingerprint density at radius 3 is 3.00 bits per heavy atom. The van der Waals surface area contributed by atoms with E-state index < -0.39 is 0 Å². The molecule has 21 heavy (non-hydrogen) atoms. The van der Waals surface area contributed by atoms with Gasteiger partial charge in [-0.05, 0) is 51.7 Å². The summed E-state index contributed by atoms with van der Waals surface area (Å²) in [5.74, 6) is 0.797. The maximum atomic E-state index is 4.94. The molecular formula is C16H28N4S. The summed E-state index contributed by atoms with van der Waals surface area (Å²) in [4.78, 5) is 11.3. The number of likely N-dealkylation sites (tertiary alicyclic amines) is 1. The summed E-state index contributed by atoms with van der Waals surface area (Å²) >= 11 is 1.91. The average Bonchev–Trinajstić information content (AvgIpc) is 3.06. The van der Waals surface area contributed by atoms with Gasteiger partial charge in [0, 0.05) is 31.1 Å². The van der Waals surface area contributed by atoms with Gasteiger partial charge in [-0.15, -0.1) is 0 Å². The highest BCUT2D eigenvalue weighted by atomic mass is 32.1. The van der Waals surface area contributed by atoms with Gasteiger partial charge < -0.3 is 15.1 Å². The van der Waals surface area contributed by atoms with E-state index in [1.165, 1.54) is 48.1 Å². The first-order chi connectivity index (χ1) is 10.2. The highest BCUT2D eigenvalue weighted by Gasteiger charge is 2.26. The van der Waals surface area contributed by atoms with Gasteiger partial charge in [0.2, 0.25) is 0 Å². The van der Waals surface area contributed by atoms with Gasteiger partial charge in [-0.2, -0.15) is 0 Å². The van der Waals surface area contributed by atoms with Crippen molar-refractivity contribution in [3.63, 3.8) is 0 Å². The second-order valence-corrected chi connectivity index (χ2v) is 7.62. The van der Waals surface area contributed by atoms with Crippen LogP contribution in [0.4, 0.5) is 5.13 Å². The molecule has 2 atom stereocenters. The predicted octanol–water partition coefficient (Wildman–Crippen LogP) is 2.52. The van der Waals surface area contributed by atoms with Crippen molar-refractivity contribution in [2.75, 3.05) is 45.2 Å². The molecule has 1 fully saturated rings. The van der Waals surface area contributed by atoms with Crippen molar-refractivity contribution in [3.05, 3.63) is 10.6 Å². The summed E-state index contributed by atoms with van der Waals surface area (Å²) in [5, 5.41) is 4.84. The summed E-state index contributed by atoms with van der Waals surface area (Å²) < 4.78 is 0. The van der Waals surface area contributed by atoms with E-state index in [9.17, 15) is 0 Å². The Balaban J connectivity index is 1.68. The molecule has 0 amide bonds. The molecule has 0 saturated carbocycles. The van der Waals surface area contributed by atoms with Crippen LogP contribution in [0, 0.1) is 5.92 Å². The van der Waals surface area contributed by atoms with Crippen LogP contribution < -0.4 is 10.2 Å². The Labute approximate surface area is 132 Å². The Hall–Kier alpha value is -0.650. The molecule has 1 saturated heterocycles. The predicted molar refractivity (Wildman–Crippen MR) is 90.3 cm³/mol. The Morgan fingerprint density at radius 2 is 2.29 bits per heavy atom. The van der Waals surface area contributed by atoms with Gasteiger partial charge in [-0.25, -0.2) is 4.98 Å². The Morgan fingerprint density at radius 1 is 1.43 bits per heavy atom. The standard InChI is InChI=1S/C16H28N4S/c1-4-17-13-6-5-7-14-15(13)21-16(18-14)20(3)11-12-8-9-19(2)10-12/h12-13,17H,4-11H2,1-3H3. The molecule has 1 aliphatic carbocycles. The van der Waals surface area contributed by atoms with E-state index >= 15 is 0 Å². The molecule has 0 spiro atoms. The molecule has 118 valence electrons. The number of rotatable bonds is 5. The SMILES string of the molecule is CCNC1CCCc2nc(N(C)CC3CCN(C)C3)sc21. The van der Waals surface area contributed by atoms with Crippen molar-refractivity contribution >= 4 is 16.5 Å². The third-order valence-corrected chi connectivity index (χ3v) is 6.06. The van der Waals surface area contributed by atoms with Gasteiger partial charge in [0.15, 0.2) is 5.13 Å². The first kappa shape index (κ1) is 15.3. The molecular weight excluding hydrogens is 280 g/mol. The topological polar surface area (TPSA) is 31.4 Å². The minimum Gasteiger partial charge on any atom is -0.351 e. The van der Waals surface area contributed by atoms with Gasteiger partial charge >= 0.3 is 0 Å². The number of thiazole rings is 1. The molecule has 2 heterocycles. The van der Waals surface area contributed by atoms with Crippen LogP contribution in [0.3, 0.4) is 0 Å². The Kier molecular flexibility index (Phi) is 4.82. The molecule has 0 aromatic carbocycles. The van der Waals surface area contributed by atoms with Crippen LogP contribution in [0.5, 0.6) is 0 Å². The van der Waals surface area contributed by atoms with Crippen molar-refractivity contribution in [2.45, 2.75) is 38.6 Å². The molecule has 5 heteroatoms. The summed E-state index contributed by atoms with van der Waals surface area (Å²) in [6.45, 7) is 6.86. The van der Waals surface area contributed by atoms with E-state index in [1.54, 1.807) is 0 Å². The number of fused-ring (bicyclic) bond motifs is 1. The zero-order valence-corrected chi connectivity index (χ0v) is 14.4. The summed E-state index contributed by atoms with van der Waals surface area (Å²) in [7, 11) is 4.44. The lowest BCUT2D eigenvalue weighted by molar-refractivity contribution is 0.396. The molecule has 4 nitrogen and oxygen atoms in total. The minimum atomic E-state index is 0.538. The number of anilines is 1. The fraction of sp³-hybridized carbons (Fsp3) is 0.812. The third kappa shape index (κ3) is 3.41. The molecule has 2 aliphatic rings. The van der Waals surface area contributed by atoms with Crippen LogP contribution in [-0.2, 0) is 6.42 Å². The number of hydrogen-bond acceptors (Lipinski definition) is 5. The number of aryl methyl sites for hydroxylation is 1. The van der Waals surface area contributed by atoms with Crippen LogP contribution in [0.15, 0.2) is 0 Å². The van der Waals surface area contributed by atoms with Crippen molar-refractivity contribution in [3.8, 4) is 0 Å². The molecule has 2 unspecified atom stereocenters. The van der Waals surface area contributed by atoms with Crippen molar-refractivity contribution < 1.29 is 0 Å². The smallest absolute Gasteiger partial charge is 0.185 e. The summed E-state index contributed by atoms with van der Waals surface area (Å²) in [5.41, 5.74) is 1.35. The quantitative estimate of drug-likeness (QED) is 0.906. The van der Waals surface area contributed by atoms with Crippen molar-refractivity contribution in [1.82, 2.24) is 15.2 Å². The van der Waals surface area contributed by atoms with E-state index in [1.807, 2.05) is 11.3 Å². The molecule has 1 aromatic heterocycles. The third-order valence-electron chi connectivity index (χ3n) is 4.74. The lowest BCUT2D eigenvalue weighted by Gasteiger charge is -2.21. The van der Waals surface area contributed by atoms with Crippen LogP contribution in [-0.4, -0.2) is 50.2 Å². The second-order valence-electron chi connectivity index (χ2n) is 6.61. The molecule has 1 aliphatic heterocycles. The molecule has 0 radical (unpaired) electrons. The first-order valence-corrected chi connectivity index (χ1v) is 9.11. The van der Waals surface area contributed by atoms with Gasteiger partial charge in [0.1, 0.15) is 0 Å². The number of nitrogens with one attached hydrogen (secondary N) is 1. The van der Waals surface area contributed by atoms with Gasteiger partial charge in [-0.1, -0.05) is 18.3 Å². The largest absolute Gasteiger partial charge is 0.351 e. The zero-order chi connectivity index (χ0) is 14.8. The van der Waals surface area contributed by atoms with Crippen molar-refractivity contribution in [1.29, 1.82) is 0 Å². The van der Waals surface area contributed by atoms with Gasteiger partial charge in [-0.3, -0.25) is 0 Å². The van der Waals surface area contributed by atoms with E-state index in [-0.39, 0.29) is 0 Å². The summed E-state index contributed by atoms with van der Waals surface area (Å²) in [6, 6.07) is 0.538. The monoisotopic (exact) mass is 308 g/mol. The zero-order valence-electron chi connectivity index (χ0n) is 13.6.